The van der Waals surface area contributed by atoms with Crippen molar-refractivity contribution in [3.05, 3.63) is 35.6 Å². The van der Waals surface area contributed by atoms with Gasteiger partial charge in [-0.2, -0.15) is 17.5 Å². The molecular formula is C19H25F3N4O3S. The number of alkyl halides is 3. The molecule has 2 N–H and O–H groups in total. The number of aliphatic imine (C=N–C) groups is 1. The summed E-state index contributed by atoms with van der Waals surface area (Å²) in [6, 6.07) is 7.53. The van der Waals surface area contributed by atoms with Gasteiger partial charge in [-0.25, -0.2) is 13.4 Å². The molecule has 1 fully saturated rings. The summed E-state index contributed by atoms with van der Waals surface area (Å²) < 4.78 is 67.6. The lowest BCUT2D eigenvalue weighted by atomic mass is 10.1. The Bertz CT molecular complexity index is 1010. The molecule has 2 heterocycles. The van der Waals surface area contributed by atoms with E-state index in [9.17, 15) is 21.6 Å². The van der Waals surface area contributed by atoms with Gasteiger partial charge in [-0.15, -0.1) is 0 Å². The summed E-state index contributed by atoms with van der Waals surface area (Å²) in [6.07, 6.45) is 0.507. The summed E-state index contributed by atoms with van der Waals surface area (Å²) in [5.41, 5.74) is -3.47. The lowest BCUT2D eigenvalue weighted by Gasteiger charge is -2.32. The van der Waals surface area contributed by atoms with Crippen molar-refractivity contribution in [1.29, 1.82) is 0 Å². The van der Waals surface area contributed by atoms with Crippen molar-refractivity contribution < 1.29 is 26.0 Å². The van der Waals surface area contributed by atoms with Crippen molar-refractivity contribution in [1.82, 2.24) is 14.9 Å². The van der Waals surface area contributed by atoms with Crippen molar-refractivity contribution in [2.24, 2.45) is 4.99 Å². The molecular weight excluding hydrogens is 421 g/mol. The molecule has 30 heavy (non-hydrogen) atoms. The van der Waals surface area contributed by atoms with Gasteiger partial charge < -0.3 is 15.1 Å². The summed E-state index contributed by atoms with van der Waals surface area (Å²) in [6.45, 7) is 4.39. The van der Waals surface area contributed by atoms with Gasteiger partial charge in [0.15, 0.2) is 5.96 Å². The van der Waals surface area contributed by atoms with Crippen molar-refractivity contribution in [3.8, 4) is 0 Å². The number of benzene rings is 1. The largest absolute Gasteiger partial charge is 0.511 e. The van der Waals surface area contributed by atoms with E-state index in [1.54, 1.807) is 0 Å². The second-order valence-electron chi connectivity index (χ2n) is 7.11. The zero-order valence-corrected chi connectivity index (χ0v) is 17.6. The van der Waals surface area contributed by atoms with Gasteiger partial charge in [0.1, 0.15) is 17.9 Å². The highest BCUT2D eigenvalue weighted by Crippen LogP contribution is 2.29. The highest BCUT2D eigenvalue weighted by atomic mass is 32.2. The van der Waals surface area contributed by atoms with Crippen LogP contribution < -0.4 is 10.6 Å². The van der Waals surface area contributed by atoms with E-state index in [0.29, 0.717) is 23.4 Å². The van der Waals surface area contributed by atoms with Gasteiger partial charge in [0.05, 0.1) is 0 Å². The molecule has 0 unspecified atom stereocenters. The smallest absolute Gasteiger partial charge is 0.459 e. The molecule has 1 saturated heterocycles. The molecule has 166 valence electrons. The summed E-state index contributed by atoms with van der Waals surface area (Å²) in [5.74, 6) is 1.24. The molecule has 1 aromatic heterocycles. The van der Waals surface area contributed by atoms with Crippen molar-refractivity contribution in [2.75, 3.05) is 19.6 Å². The molecule has 2 aromatic rings. The zero-order valence-electron chi connectivity index (χ0n) is 16.8. The van der Waals surface area contributed by atoms with Gasteiger partial charge in [0, 0.05) is 36.6 Å². The number of para-hydroxylation sites is 1. The monoisotopic (exact) mass is 446 g/mol. The summed E-state index contributed by atoms with van der Waals surface area (Å²) in [4.78, 5) is 4.53. The number of rotatable bonds is 5. The maximum atomic E-state index is 12.7. The number of nitrogens with zero attached hydrogens (tertiary/aromatic N) is 2. The van der Waals surface area contributed by atoms with E-state index >= 15 is 0 Å². The summed E-state index contributed by atoms with van der Waals surface area (Å²) in [7, 11) is -5.28. The van der Waals surface area contributed by atoms with Crippen LogP contribution in [0.4, 0.5) is 13.2 Å². The Morgan fingerprint density at radius 3 is 2.53 bits per heavy atom. The molecule has 0 bridgehead atoms. The topological polar surface area (TPSA) is 86.9 Å². The highest BCUT2D eigenvalue weighted by molar-refractivity contribution is 7.90. The van der Waals surface area contributed by atoms with Gasteiger partial charge in [0.2, 0.25) is 0 Å². The second-order valence-corrected chi connectivity index (χ2v) is 9.04. The minimum Gasteiger partial charge on any atom is -0.459 e. The lowest BCUT2D eigenvalue weighted by molar-refractivity contribution is -0.0494. The maximum absolute atomic E-state index is 12.7. The first-order valence-electron chi connectivity index (χ1n) is 9.71. The number of aryl methyl sites for hydroxylation is 1. The van der Waals surface area contributed by atoms with Crippen molar-refractivity contribution in [2.45, 2.75) is 44.8 Å². The molecule has 0 radical (unpaired) electrons. The van der Waals surface area contributed by atoms with E-state index in [1.165, 1.54) is 0 Å². The Labute approximate surface area is 173 Å². The molecule has 7 nitrogen and oxygen atoms in total. The fraction of sp³-hybridized carbons (Fsp3) is 0.526. The quantitative estimate of drug-likeness (QED) is 0.545. The van der Waals surface area contributed by atoms with Crippen LogP contribution >= 0.6 is 0 Å². The molecule has 11 heteroatoms. The van der Waals surface area contributed by atoms with Crippen molar-refractivity contribution >= 4 is 27.0 Å². The van der Waals surface area contributed by atoms with Crippen molar-refractivity contribution in [3.63, 3.8) is 0 Å². The lowest BCUT2D eigenvalue weighted by Crippen LogP contribution is -2.51. The zero-order chi connectivity index (χ0) is 21.9. The van der Waals surface area contributed by atoms with E-state index in [1.807, 2.05) is 38.1 Å². The van der Waals surface area contributed by atoms with Crippen LogP contribution in [0.2, 0.25) is 0 Å². The third kappa shape index (κ3) is 4.72. The van der Waals surface area contributed by atoms with Gasteiger partial charge in [-0.05, 0) is 32.8 Å². The maximum Gasteiger partial charge on any atom is 0.511 e. The number of hydrogen-bond donors (Lipinski definition) is 2. The number of guanidine groups is 1. The average Bonchev–Trinajstić information content (AvgIpc) is 3.02. The highest BCUT2D eigenvalue weighted by Gasteiger charge is 2.50. The minimum atomic E-state index is -5.28. The Hall–Kier alpha value is -2.27. The Morgan fingerprint density at radius 1 is 1.27 bits per heavy atom. The van der Waals surface area contributed by atoms with Gasteiger partial charge in [-0.3, -0.25) is 0 Å². The normalized spacial score (nSPS) is 17.4. The standard InChI is InChI=1S/C19H25F3N4O3S/c1-3-23-18(24-12-17-13(2)15-6-4-5-7-16(15)29-17)25-14-8-10-26(11-9-14)30(27,28)19(20,21)22/h4-7,14H,3,8-12H2,1-2H3,(H2,23,24,25). The number of nitrogens with one attached hydrogen (secondary N) is 2. The third-order valence-corrected chi connectivity index (χ3v) is 6.72. The van der Waals surface area contributed by atoms with E-state index in [0.717, 1.165) is 22.3 Å². The van der Waals surface area contributed by atoms with E-state index in [2.05, 4.69) is 15.6 Å². The minimum absolute atomic E-state index is 0.181. The third-order valence-electron chi connectivity index (χ3n) is 5.09. The van der Waals surface area contributed by atoms with E-state index in [-0.39, 0.29) is 32.0 Å². The first-order chi connectivity index (χ1) is 14.1. The van der Waals surface area contributed by atoms with Gasteiger partial charge >= 0.3 is 15.5 Å². The second kappa shape index (κ2) is 8.84. The van der Waals surface area contributed by atoms with Crippen LogP contribution in [0, 0.1) is 6.92 Å². The molecule has 0 amide bonds. The van der Waals surface area contributed by atoms with Crippen LogP contribution in [0.15, 0.2) is 33.7 Å². The van der Waals surface area contributed by atoms with Crippen LogP contribution in [0.3, 0.4) is 0 Å². The molecule has 0 atom stereocenters. The SMILES string of the molecule is CCNC(=NCc1oc2ccccc2c1C)NC1CCN(S(=O)(=O)C(F)(F)F)CC1. The fourth-order valence-corrected chi connectivity index (χ4v) is 4.41. The summed E-state index contributed by atoms with van der Waals surface area (Å²) >= 11 is 0. The predicted molar refractivity (Wildman–Crippen MR) is 108 cm³/mol. The molecule has 3 rings (SSSR count). The number of piperidine rings is 1. The van der Waals surface area contributed by atoms with Gasteiger partial charge in [0.25, 0.3) is 0 Å². The first kappa shape index (κ1) is 22.4. The molecule has 1 aromatic carbocycles. The molecule has 0 aliphatic carbocycles. The Balaban J connectivity index is 1.64. The first-order valence-corrected chi connectivity index (χ1v) is 11.2. The van der Waals surface area contributed by atoms with Crippen LogP contribution in [0.5, 0.6) is 0 Å². The molecule has 1 aliphatic heterocycles. The predicted octanol–water partition coefficient (Wildman–Crippen LogP) is 3.11. The van der Waals surface area contributed by atoms with Gasteiger partial charge in [-0.1, -0.05) is 18.2 Å². The number of furan rings is 1. The number of hydrogen-bond acceptors (Lipinski definition) is 4. The number of fused-ring (bicyclic) bond motifs is 1. The molecule has 0 spiro atoms. The number of sulfonamides is 1. The number of halogens is 3. The van der Waals surface area contributed by atoms with Crippen LogP contribution in [0.25, 0.3) is 11.0 Å². The van der Waals surface area contributed by atoms with Crippen LogP contribution in [-0.4, -0.2) is 49.9 Å². The van der Waals surface area contributed by atoms with E-state index < -0.39 is 15.5 Å². The summed E-state index contributed by atoms with van der Waals surface area (Å²) in [5, 5.41) is 7.32. The molecule has 0 saturated carbocycles. The Kier molecular flexibility index (Phi) is 6.61. The molecule has 1 aliphatic rings. The Morgan fingerprint density at radius 2 is 1.93 bits per heavy atom. The van der Waals surface area contributed by atoms with Crippen LogP contribution in [-0.2, 0) is 16.6 Å². The average molecular weight is 446 g/mol. The van der Waals surface area contributed by atoms with E-state index in [4.69, 9.17) is 4.42 Å². The fourth-order valence-electron chi connectivity index (χ4n) is 3.43. The van der Waals surface area contributed by atoms with Crippen LogP contribution in [0.1, 0.15) is 31.1 Å².